The second-order valence-corrected chi connectivity index (χ2v) is 6.39. The van der Waals surface area contributed by atoms with Crippen LogP contribution in [0.3, 0.4) is 0 Å². The lowest BCUT2D eigenvalue weighted by molar-refractivity contribution is -0.150. The smallest absolute Gasteiger partial charge is 0.310 e. The minimum atomic E-state index is -0.237. The summed E-state index contributed by atoms with van der Waals surface area (Å²) in [6.45, 7) is 4.77. The summed E-state index contributed by atoms with van der Waals surface area (Å²) in [6, 6.07) is 0. The molecular weight excluding hydrogens is 254 g/mol. The Balaban J connectivity index is 1.72. The molecule has 2 aliphatic rings. The SMILES string of the molecule is CCOC(=O)[C@H]1CCCN(CC(O)CC2CCCC2)C1. The topological polar surface area (TPSA) is 49.8 Å². The summed E-state index contributed by atoms with van der Waals surface area (Å²) in [4.78, 5) is 14.0. The number of carbonyl (C=O) groups is 1. The standard InChI is InChI=1S/C16H29NO3/c1-2-20-16(19)14-8-5-9-17(11-14)12-15(18)10-13-6-3-4-7-13/h13-15,18H,2-12H2,1H3/t14-,15?/m0/s1. The van der Waals surface area contributed by atoms with Gasteiger partial charge in [0.25, 0.3) is 0 Å². The van der Waals surface area contributed by atoms with Gasteiger partial charge in [0.1, 0.15) is 0 Å². The molecule has 116 valence electrons. The van der Waals surface area contributed by atoms with Gasteiger partial charge in [-0.25, -0.2) is 0 Å². The lowest BCUT2D eigenvalue weighted by Crippen LogP contribution is -2.43. The van der Waals surface area contributed by atoms with Crippen LogP contribution in [0.2, 0.25) is 0 Å². The lowest BCUT2D eigenvalue weighted by Gasteiger charge is -2.33. The molecule has 4 heteroatoms. The number of hydrogen-bond donors (Lipinski definition) is 1. The van der Waals surface area contributed by atoms with E-state index in [1.165, 1.54) is 25.7 Å². The average molecular weight is 283 g/mol. The van der Waals surface area contributed by atoms with Gasteiger partial charge in [-0.15, -0.1) is 0 Å². The predicted octanol–water partition coefficient (Wildman–Crippen LogP) is 2.20. The van der Waals surface area contributed by atoms with Crippen molar-refractivity contribution in [2.45, 2.75) is 58.0 Å². The van der Waals surface area contributed by atoms with E-state index in [0.717, 1.165) is 38.3 Å². The van der Waals surface area contributed by atoms with Gasteiger partial charge < -0.3 is 9.84 Å². The van der Waals surface area contributed by atoms with Crippen molar-refractivity contribution >= 4 is 5.97 Å². The first-order valence-corrected chi connectivity index (χ1v) is 8.26. The minimum absolute atomic E-state index is 0.00220. The Morgan fingerprint density at radius 1 is 1.30 bits per heavy atom. The van der Waals surface area contributed by atoms with Crippen molar-refractivity contribution < 1.29 is 14.6 Å². The fourth-order valence-electron chi connectivity index (χ4n) is 3.68. The van der Waals surface area contributed by atoms with Gasteiger partial charge in [-0.05, 0) is 38.6 Å². The molecule has 1 heterocycles. The highest BCUT2D eigenvalue weighted by molar-refractivity contribution is 5.72. The number of aliphatic hydroxyl groups is 1. The quantitative estimate of drug-likeness (QED) is 0.759. The summed E-state index contributed by atoms with van der Waals surface area (Å²) >= 11 is 0. The van der Waals surface area contributed by atoms with Crippen molar-refractivity contribution in [2.24, 2.45) is 11.8 Å². The maximum atomic E-state index is 11.8. The molecule has 4 nitrogen and oxygen atoms in total. The number of nitrogens with zero attached hydrogens (tertiary/aromatic N) is 1. The van der Waals surface area contributed by atoms with Gasteiger partial charge in [0.15, 0.2) is 0 Å². The van der Waals surface area contributed by atoms with Gasteiger partial charge in [-0.1, -0.05) is 25.7 Å². The number of rotatable bonds is 6. The largest absolute Gasteiger partial charge is 0.466 e. The number of β-amino-alcohol motifs (C(OH)–C–C–N with tert-alkyl or cyclic N) is 1. The Kier molecular flexibility index (Phi) is 6.30. The maximum Gasteiger partial charge on any atom is 0.310 e. The molecule has 0 spiro atoms. The van der Waals surface area contributed by atoms with Crippen LogP contribution in [0, 0.1) is 11.8 Å². The molecule has 0 aromatic heterocycles. The molecule has 0 aromatic rings. The molecule has 20 heavy (non-hydrogen) atoms. The lowest BCUT2D eigenvalue weighted by atomic mass is 9.96. The van der Waals surface area contributed by atoms with Crippen molar-refractivity contribution in [3.05, 3.63) is 0 Å². The normalized spacial score (nSPS) is 26.6. The first-order chi connectivity index (χ1) is 9.69. The van der Waals surface area contributed by atoms with Crippen LogP contribution in [-0.2, 0) is 9.53 Å². The third kappa shape index (κ3) is 4.74. The molecule has 1 N–H and O–H groups in total. The van der Waals surface area contributed by atoms with Crippen LogP contribution in [0.15, 0.2) is 0 Å². The van der Waals surface area contributed by atoms with E-state index in [1.807, 2.05) is 6.92 Å². The number of hydrogen-bond acceptors (Lipinski definition) is 4. The predicted molar refractivity (Wildman–Crippen MR) is 78.4 cm³/mol. The van der Waals surface area contributed by atoms with E-state index >= 15 is 0 Å². The van der Waals surface area contributed by atoms with Gasteiger partial charge >= 0.3 is 5.97 Å². The highest BCUT2D eigenvalue weighted by atomic mass is 16.5. The number of esters is 1. The van der Waals surface area contributed by atoms with E-state index < -0.39 is 0 Å². The van der Waals surface area contributed by atoms with E-state index in [-0.39, 0.29) is 18.0 Å². The molecule has 2 fully saturated rings. The number of ether oxygens (including phenoxy) is 1. The molecule has 0 aromatic carbocycles. The summed E-state index contributed by atoms with van der Waals surface area (Å²) in [7, 11) is 0. The third-order valence-electron chi connectivity index (χ3n) is 4.67. The Hall–Kier alpha value is -0.610. The van der Waals surface area contributed by atoms with Crippen molar-refractivity contribution in [3.63, 3.8) is 0 Å². The van der Waals surface area contributed by atoms with E-state index in [4.69, 9.17) is 4.74 Å². The molecule has 2 atom stereocenters. The van der Waals surface area contributed by atoms with Gasteiger partial charge in [0.2, 0.25) is 0 Å². The highest BCUT2D eigenvalue weighted by Gasteiger charge is 2.28. The molecule has 0 radical (unpaired) electrons. The fourth-order valence-corrected chi connectivity index (χ4v) is 3.68. The summed E-state index contributed by atoms with van der Waals surface area (Å²) < 4.78 is 5.11. The number of carbonyl (C=O) groups excluding carboxylic acids is 1. The van der Waals surface area contributed by atoms with Crippen LogP contribution < -0.4 is 0 Å². The second-order valence-electron chi connectivity index (χ2n) is 6.39. The zero-order valence-electron chi connectivity index (χ0n) is 12.7. The van der Waals surface area contributed by atoms with E-state index in [0.29, 0.717) is 13.2 Å². The highest BCUT2D eigenvalue weighted by Crippen LogP contribution is 2.29. The van der Waals surface area contributed by atoms with Gasteiger partial charge in [-0.3, -0.25) is 9.69 Å². The summed E-state index contributed by atoms with van der Waals surface area (Å²) in [5.74, 6) is 0.653. The first kappa shape index (κ1) is 15.8. The van der Waals surface area contributed by atoms with Gasteiger partial charge in [0.05, 0.1) is 18.6 Å². The molecule has 1 unspecified atom stereocenters. The van der Waals surface area contributed by atoms with Crippen LogP contribution in [0.4, 0.5) is 0 Å². The molecule has 0 amide bonds. The average Bonchev–Trinajstić information content (AvgIpc) is 2.92. The minimum Gasteiger partial charge on any atom is -0.466 e. The van der Waals surface area contributed by atoms with Crippen LogP contribution in [-0.4, -0.2) is 48.3 Å². The molecule has 1 saturated carbocycles. The van der Waals surface area contributed by atoms with E-state index in [2.05, 4.69) is 4.90 Å². The Morgan fingerprint density at radius 3 is 2.75 bits per heavy atom. The van der Waals surface area contributed by atoms with Crippen LogP contribution in [0.1, 0.15) is 51.9 Å². The summed E-state index contributed by atoms with van der Waals surface area (Å²) in [5.41, 5.74) is 0. The molecular formula is C16H29NO3. The molecule has 1 aliphatic carbocycles. The van der Waals surface area contributed by atoms with Crippen molar-refractivity contribution in [3.8, 4) is 0 Å². The summed E-state index contributed by atoms with van der Waals surface area (Å²) in [5, 5.41) is 10.2. The second kappa shape index (κ2) is 7.99. The Labute approximate surface area is 122 Å². The Morgan fingerprint density at radius 2 is 2.05 bits per heavy atom. The van der Waals surface area contributed by atoms with Crippen LogP contribution in [0.5, 0.6) is 0 Å². The molecule has 2 rings (SSSR count). The molecule has 1 saturated heterocycles. The van der Waals surface area contributed by atoms with Crippen molar-refractivity contribution in [2.75, 3.05) is 26.2 Å². The van der Waals surface area contributed by atoms with Crippen LogP contribution in [0.25, 0.3) is 0 Å². The third-order valence-corrected chi connectivity index (χ3v) is 4.67. The molecule has 1 aliphatic heterocycles. The van der Waals surface area contributed by atoms with E-state index in [1.54, 1.807) is 0 Å². The zero-order chi connectivity index (χ0) is 14.4. The number of likely N-dealkylation sites (tertiary alicyclic amines) is 1. The first-order valence-electron chi connectivity index (χ1n) is 8.26. The Bertz CT molecular complexity index is 302. The monoisotopic (exact) mass is 283 g/mol. The molecule has 0 bridgehead atoms. The van der Waals surface area contributed by atoms with Crippen molar-refractivity contribution in [1.82, 2.24) is 4.90 Å². The fraction of sp³-hybridized carbons (Fsp3) is 0.938. The van der Waals surface area contributed by atoms with Crippen molar-refractivity contribution in [1.29, 1.82) is 0 Å². The van der Waals surface area contributed by atoms with Gasteiger partial charge in [-0.2, -0.15) is 0 Å². The number of aliphatic hydroxyl groups excluding tert-OH is 1. The zero-order valence-corrected chi connectivity index (χ0v) is 12.7. The summed E-state index contributed by atoms with van der Waals surface area (Å²) in [6.07, 6.45) is 7.86. The maximum absolute atomic E-state index is 11.8. The van der Waals surface area contributed by atoms with E-state index in [9.17, 15) is 9.90 Å². The van der Waals surface area contributed by atoms with Gasteiger partial charge in [0, 0.05) is 13.1 Å². The number of piperidine rings is 1. The van der Waals surface area contributed by atoms with Crippen LogP contribution >= 0.6 is 0 Å².